The van der Waals surface area contributed by atoms with Crippen molar-refractivity contribution in [2.24, 2.45) is 0 Å². The molecule has 1 N–H and O–H groups in total. The van der Waals surface area contributed by atoms with Crippen molar-refractivity contribution in [3.8, 4) is 0 Å². The summed E-state index contributed by atoms with van der Waals surface area (Å²) in [5, 5.41) is 10.2. The second kappa shape index (κ2) is 5.52. The minimum absolute atomic E-state index is 0.666. The molecule has 4 heteroatoms. The van der Waals surface area contributed by atoms with E-state index >= 15 is 0 Å². The average molecular weight is 378 g/mol. The molecule has 0 aliphatic heterocycles. The molecule has 92 valence electrons. The third-order valence-corrected chi connectivity index (χ3v) is 12.7. The SMILES string of the molecule is OC1(/C=[CH]\[Sn]([Cl])([Cl])[c]2ccccc2)CCCC1. The van der Waals surface area contributed by atoms with Crippen LogP contribution in [-0.4, -0.2) is 26.8 Å². The van der Waals surface area contributed by atoms with Crippen molar-refractivity contribution in [1.82, 2.24) is 0 Å². The Hall–Kier alpha value is 0.299. The second-order valence-electron chi connectivity index (χ2n) is 4.63. The summed E-state index contributed by atoms with van der Waals surface area (Å²) in [6.45, 7) is 0. The molecule has 17 heavy (non-hydrogen) atoms. The summed E-state index contributed by atoms with van der Waals surface area (Å²) < 4.78 is 2.93. The average Bonchev–Trinajstić information content (AvgIpc) is 2.76. The van der Waals surface area contributed by atoms with Gasteiger partial charge in [0, 0.05) is 0 Å². The first-order valence-corrected chi connectivity index (χ1v) is 16.2. The molecule has 0 saturated heterocycles. The fraction of sp³-hybridized carbons (Fsp3) is 0.385. The van der Waals surface area contributed by atoms with Gasteiger partial charge in [-0.3, -0.25) is 0 Å². The number of hydrogen-bond acceptors (Lipinski definition) is 1. The van der Waals surface area contributed by atoms with Gasteiger partial charge in [0.2, 0.25) is 0 Å². The van der Waals surface area contributed by atoms with E-state index in [-0.39, 0.29) is 0 Å². The van der Waals surface area contributed by atoms with Crippen molar-refractivity contribution in [3.63, 3.8) is 0 Å². The zero-order valence-corrected chi connectivity index (χ0v) is 13.9. The summed E-state index contributed by atoms with van der Waals surface area (Å²) in [6.07, 6.45) is 5.67. The van der Waals surface area contributed by atoms with E-state index in [1.54, 1.807) is 0 Å². The predicted molar refractivity (Wildman–Crippen MR) is 76.1 cm³/mol. The summed E-state index contributed by atoms with van der Waals surface area (Å²) in [5.41, 5.74) is -0.666. The van der Waals surface area contributed by atoms with Crippen molar-refractivity contribution in [1.29, 1.82) is 0 Å². The minimum atomic E-state index is -3.37. The van der Waals surface area contributed by atoms with Crippen LogP contribution >= 0.6 is 17.8 Å². The van der Waals surface area contributed by atoms with Gasteiger partial charge in [-0.05, 0) is 0 Å². The van der Waals surface area contributed by atoms with Crippen LogP contribution in [0.5, 0.6) is 0 Å². The van der Waals surface area contributed by atoms with Gasteiger partial charge in [0.05, 0.1) is 0 Å². The van der Waals surface area contributed by atoms with Crippen molar-refractivity contribution in [2.75, 3.05) is 0 Å². The summed E-state index contributed by atoms with van der Waals surface area (Å²) in [7, 11) is 13.0. The fourth-order valence-corrected chi connectivity index (χ4v) is 8.56. The third kappa shape index (κ3) is 3.63. The normalized spacial score (nSPS) is 19.9. The Balaban J connectivity index is 2.14. The van der Waals surface area contributed by atoms with Crippen LogP contribution in [0.15, 0.2) is 40.5 Å². The molecule has 1 aromatic rings. The first-order valence-electron chi connectivity index (χ1n) is 5.88. The van der Waals surface area contributed by atoms with Gasteiger partial charge < -0.3 is 0 Å². The molecule has 0 aromatic heterocycles. The van der Waals surface area contributed by atoms with E-state index < -0.39 is 21.7 Å². The first kappa shape index (κ1) is 13.7. The molecule has 0 atom stereocenters. The molecule has 0 heterocycles. The van der Waals surface area contributed by atoms with Crippen LogP contribution in [0.2, 0.25) is 0 Å². The molecule has 2 rings (SSSR count). The van der Waals surface area contributed by atoms with Crippen molar-refractivity contribution >= 4 is 37.5 Å². The number of rotatable bonds is 3. The Morgan fingerprint density at radius 1 is 1.12 bits per heavy atom. The molecular formula is C13H16Cl2OSn. The molecule has 1 aliphatic rings. The van der Waals surface area contributed by atoms with E-state index in [4.69, 9.17) is 17.8 Å². The quantitative estimate of drug-likeness (QED) is 0.802. The van der Waals surface area contributed by atoms with Crippen LogP contribution in [0.25, 0.3) is 0 Å². The molecule has 0 radical (unpaired) electrons. The van der Waals surface area contributed by atoms with E-state index in [9.17, 15) is 5.11 Å². The van der Waals surface area contributed by atoms with Crippen molar-refractivity contribution in [3.05, 3.63) is 40.5 Å². The fourth-order valence-electron chi connectivity index (χ4n) is 2.17. The number of hydrogen-bond donors (Lipinski definition) is 1. The number of benzene rings is 1. The van der Waals surface area contributed by atoms with Crippen molar-refractivity contribution in [2.45, 2.75) is 31.3 Å². The Bertz CT molecular complexity index is 397. The second-order valence-corrected chi connectivity index (χ2v) is 20.1. The summed E-state index contributed by atoms with van der Waals surface area (Å²) in [5.74, 6) is 0. The van der Waals surface area contributed by atoms with E-state index in [0.717, 1.165) is 29.3 Å². The number of halogens is 2. The van der Waals surface area contributed by atoms with Gasteiger partial charge in [-0.1, -0.05) is 0 Å². The van der Waals surface area contributed by atoms with Crippen LogP contribution in [0.4, 0.5) is 0 Å². The van der Waals surface area contributed by atoms with Crippen LogP contribution in [0.3, 0.4) is 0 Å². The van der Waals surface area contributed by atoms with Crippen LogP contribution < -0.4 is 3.58 Å². The monoisotopic (exact) mass is 378 g/mol. The molecule has 1 saturated carbocycles. The van der Waals surface area contributed by atoms with Gasteiger partial charge >= 0.3 is 114 Å². The van der Waals surface area contributed by atoms with E-state index in [2.05, 4.69) is 0 Å². The number of aliphatic hydroxyl groups is 1. The van der Waals surface area contributed by atoms with Gasteiger partial charge in [-0.25, -0.2) is 0 Å². The predicted octanol–water partition coefficient (Wildman–Crippen LogP) is 3.21. The van der Waals surface area contributed by atoms with Gasteiger partial charge in [-0.15, -0.1) is 0 Å². The third-order valence-electron chi connectivity index (χ3n) is 3.23. The molecule has 0 amide bonds. The molecule has 0 spiro atoms. The standard InChI is InChI=1S/C7H11O.C6H5.2ClH.Sn/c1-2-7(8)5-3-4-6-7;1-2-4-6-5-3-1;;;/h1-2,8H,3-6H2;1-5H;2*1H;/q;;;;+2/p-2. The van der Waals surface area contributed by atoms with Crippen LogP contribution in [-0.2, 0) is 0 Å². The summed E-state index contributed by atoms with van der Waals surface area (Å²) in [4.78, 5) is 0. The molecule has 0 bridgehead atoms. The molecule has 0 unspecified atom stereocenters. The van der Waals surface area contributed by atoms with E-state index in [1.807, 2.05) is 40.5 Å². The Morgan fingerprint density at radius 3 is 2.29 bits per heavy atom. The van der Waals surface area contributed by atoms with E-state index in [0.29, 0.717) is 0 Å². The van der Waals surface area contributed by atoms with Gasteiger partial charge in [0.25, 0.3) is 0 Å². The van der Waals surface area contributed by atoms with Gasteiger partial charge in [0.1, 0.15) is 0 Å². The molecule has 1 aromatic carbocycles. The van der Waals surface area contributed by atoms with Gasteiger partial charge in [-0.2, -0.15) is 0 Å². The zero-order chi connectivity index (χ0) is 12.4. The van der Waals surface area contributed by atoms with Gasteiger partial charge in [0.15, 0.2) is 0 Å². The topological polar surface area (TPSA) is 20.2 Å². The maximum absolute atomic E-state index is 10.2. The Morgan fingerprint density at radius 2 is 1.71 bits per heavy atom. The molecule has 1 fully saturated rings. The van der Waals surface area contributed by atoms with Crippen molar-refractivity contribution < 1.29 is 5.11 Å². The summed E-state index contributed by atoms with van der Waals surface area (Å²) >= 11 is -3.37. The van der Waals surface area contributed by atoms with Crippen LogP contribution in [0, 0.1) is 0 Å². The molecule has 1 aliphatic carbocycles. The maximum atomic E-state index is 10.2. The summed E-state index contributed by atoms with van der Waals surface area (Å²) in [6, 6.07) is 9.79. The van der Waals surface area contributed by atoms with Crippen LogP contribution in [0.1, 0.15) is 25.7 Å². The zero-order valence-electron chi connectivity index (χ0n) is 9.57. The Labute approximate surface area is 114 Å². The van der Waals surface area contributed by atoms with E-state index in [1.165, 1.54) is 0 Å². The molecule has 1 nitrogen and oxygen atoms in total. The Kier molecular flexibility index (Phi) is 4.45. The molecular weight excluding hydrogens is 362 g/mol. The first-order chi connectivity index (χ1) is 8.02.